The standard InChI is InChI=1S/C22H19BrN6O4/c1-14-5-15(2)7-19(6-14)33-20-9-17(8-18(10-20)29(31)32)25-22(30)21-3-4-27(26-21)13-28-12-16(23)11-24-28/h3-12H,13H2,1-2H3,(H,25,30). The number of hydrogen-bond acceptors (Lipinski definition) is 6. The highest BCUT2D eigenvalue weighted by atomic mass is 79.9. The van der Waals surface area contributed by atoms with Gasteiger partial charge in [0.05, 0.1) is 27.3 Å². The van der Waals surface area contributed by atoms with Crippen LogP contribution in [0, 0.1) is 24.0 Å². The Balaban J connectivity index is 1.53. The Hall–Kier alpha value is -3.99. The summed E-state index contributed by atoms with van der Waals surface area (Å²) in [4.78, 5) is 23.6. The van der Waals surface area contributed by atoms with Gasteiger partial charge in [0.25, 0.3) is 11.6 Å². The van der Waals surface area contributed by atoms with E-state index in [1.807, 2.05) is 32.0 Å². The largest absolute Gasteiger partial charge is 0.457 e. The normalized spacial score (nSPS) is 10.8. The molecule has 2 heterocycles. The van der Waals surface area contributed by atoms with Gasteiger partial charge in [0.2, 0.25) is 0 Å². The number of nitrogens with one attached hydrogen (secondary N) is 1. The van der Waals surface area contributed by atoms with Crippen LogP contribution in [0.1, 0.15) is 21.6 Å². The van der Waals surface area contributed by atoms with Crippen molar-refractivity contribution in [2.75, 3.05) is 5.32 Å². The topological polar surface area (TPSA) is 117 Å². The van der Waals surface area contributed by atoms with Crippen molar-refractivity contribution >= 4 is 33.2 Å². The molecule has 0 fully saturated rings. The van der Waals surface area contributed by atoms with E-state index in [9.17, 15) is 14.9 Å². The number of halogens is 1. The van der Waals surface area contributed by atoms with Crippen LogP contribution in [0.4, 0.5) is 11.4 Å². The van der Waals surface area contributed by atoms with Gasteiger partial charge in [0, 0.05) is 24.5 Å². The zero-order valence-electron chi connectivity index (χ0n) is 17.7. The van der Waals surface area contributed by atoms with E-state index in [2.05, 4.69) is 31.4 Å². The van der Waals surface area contributed by atoms with Crippen molar-refractivity contribution in [3.63, 3.8) is 0 Å². The van der Waals surface area contributed by atoms with E-state index in [0.29, 0.717) is 12.4 Å². The molecule has 33 heavy (non-hydrogen) atoms. The molecule has 10 nitrogen and oxygen atoms in total. The second-order valence-electron chi connectivity index (χ2n) is 7.43. The van der Waals surface area contributed by atoms with E-state index in [1.54, 1.807) is 34.0 Å². The maximum Gasteiger partial charge on any atom is 0.276 e. The molecule has 168 valence electrons. The van der Waals surface area contributed by atoms with Gasteiger partial charge < -0.3 is 10.1 Å². The highest BCUT2D eigenvalue weighted by Crippen LogP contribution is 2.30. The van der Waals surface area contributed by atoms with Gasteiger partial charge in [-0.25, -0.2) is 4.68 Å². The van der Waals surface area contributed by atoms with E-state index >= 15 is 0 Å². The third-order valence-corrected chi connectivity index (χ3v) is 4.97. The summed E-state index contributed by atoms with van der Waals surface area (Å²) in [5, 5.41) is 22.5. The molecule has 1 N–H and O–H groups in total. The minimum absolute atomic E-state index is 0.157. The maximum atomic E-state index is 12.7. The van der Waals surface area contributed by atoms with Crippen LogP contribution in [0.2, 0.25) is 0 Å². The summed E-state index contributed by atoms with van der Waals surface area (Å²) in [5.41, 5.74) is 2.18. The molecule has 0 unspecified atom stereocenters. The molecule has 4 aromatic rings. The van der Waals surface area contributed by atoms with Crippen molar-refractivity contribution < 1.29 is 14.5 Å². The fraction of sp³-hybridized carbons (Fsp3) is 0.136. The summed E-state index contributed by atoms with van der Waals surface area (Å²) < 4.78 is 9.87. The fourth-order valence-electron chi connectivity index (χ4n) is 3.27. The summed E-state index contributed by atoms with van der Waals surface area (Å²) >= 11 is 3.33. The molecule has 0 atom stereocenters. The van der Waals surface area contributed by atoms with Crippen LogP contribution in [-0.2, 0) is 6.67 Å². The number of aryl methyl sites for hydroxylation is 2. The van der Waals surface area contributed by atoms with Crippen LogP contribution >= 0.6 is 15.9 Å². The van der Waals surface area contributed by atoms with Gasteiger partial charge in [0.1, 0.15) is 18.2 Å². The average Bonchev–Trinajstić information content (AvgIpc) is 3.36. The number of hydrogen-bond donors (Lipinski definition) is 1. The Morgan fingerprint density at radius 1 is 1.12 bits per heavy atom. The number of benzene rings is 2. The molecular weight excluding hydrogens is 492 g/mol. The molecule has 2 aromatic heterocycles. The quantitative estimate of drug-likeness (QED) is 0.278. The van der Waals surface area contributed by atoms with Gasteiger partial charge in [-0.2, -0.15) is 10.2 Å². The molecule has 0 aliphatic rings. The predicted octanol–water partition coefficient (Wildman–Crippen LogP) is 4.92. The van der Waals surface area contributed by atoms with Gasteiger partial charge in [-0.1, -0.05) is 6.07 Å². The molecule has 0 spiro atoms. The molecule has 0 bridgehead atoms. The number of nitro groups is 1. The molecule has 0 aliphatic heterocycles. The number of amides is 1. The Bertz CT molecular complexity index is 1330. The highest BCUT2D eigenvalue weighted by Gasteiger charge is 2.16. The van der Waals surface area contributed by atoms with E-state index < -0.39 is 10.8 Å². The van der Waals surface area contributed by atoms with Crippen molar-refractivity contribution in [2.24, 2.45) is 0 Å². The van der Waals surface area contributed by atoms with Gasteiger partial charge in [-0.15, -0.1) is 0 Å². The summed E-state index contributed by atoms with van der Waals surface area (Å²) in [6.45, 7) is 4.19. The lowest BCUT2D eigenvalue weighted by atomic mass is 10.1. The summed E-state index contributed by atoms with van der Waals surface area (Å²) in [7, 11) is 0. The molecule has 0 saturated carbocycles. The third-order valence-electron chi connectivity index (χ3n) is 4.56. The van der Waals surface area contributed by atoms with E-state index in [0.717, 1.165) is 15.6 Å². The third kappa shape index (κ3) is 5.63. The molecule has 2 aromatic carbocycles. The molecule has 1 amide bonds. The lowest BCUT2D eigenvalue weighted by Gasteiger charge is -2.10. The smallest absolute Gasteiger partial charge is 0.276 e. The number of carbonyl (C=O) groups is 1. The van der Waals surface area contributed by atoms with Crippen molar-refractivity contribution in [3.05, 3.63) is 92.5 Å². The zero-order valence-corrected chi connectivity index (χ0v) is 19.3. The van der Waals surface area contributed by atoms with Crippen molar-refractivity contribution in [1.82, 2.24) is 19.6 Å². The Labute approximate surface area is 197 Å². The predicted molar refractivity (Wildman–Crippen MR) is 125 cm³/mol. The van der Waals surface area contributed by atoms with Crippen LogP contribution in [-0.4, -0.2) is 30.4 Å². The second kappa shape index (κ2) is 9.25. The number of ether oxygens (including phenoxy) is 1. The Morgan fingerprint density at radius 2 is 1.85 bits per heavy atom. The first-order chi connectivity index (χ1) is 15.7. The summed E-state index contributed by atoms with van der Waals surface area (Å²) in [5.74, 6) is 0.279. The number of rotatable bonds is 7. The number of aromatic nitrogens is 4. The molecular formula is C22H19BrN6O4. The van der Waals surface area contributed by atoms with E-state index in [1.165, 1.54) is 18.2 Å². The minimum Gasteiger partial charge on any atom is -0.457 e. The first-order valence-corrected chi connectivity index (χ1v) is 10.6. The van der Waals surface area contributed by atoms with Crippen LogP contribution in [0.3, 0.4) is 0 Å². The van der Waals surface area contributed by atoms with E-state index in [4.69, 9.17) is 4.74 Å². The number of non-ortho nitro benzene ring substituents is 1. The molecule has 0 saturated heterocycles. The first kappa shape index (κ1) is 22.2. The Kier molecular flexibility index (Phi) is 6.22. The fourth-order valence-corrected chi connectivity index (χ4v) is 3.60. The molecule has 0 aliphatic carbocycles. The molecule has 11 heteroatoms. The second-order valence-corrected chi connectivity index (χ2v) is 8.35. The van der Waals surface area contributed by atoms with Gasteiger partial charge in [-0.3, -0.25) is 19.6 Å². The van der Waals surface area contributed by atoms with E-state index in [-0.39, 0.29) is 22.8 Å². The van der Waals surface area contributed by atoms with Crippen molar-refractivity contribution in [3.8, 4) is 11.5 Å². The Morgan fingerprint density at radius 3 is 2.52 bits per heavy atom. The monoisotopic (exact) mass is 510 g/mol. The number of nitrogens with zero attached hydrogens (tertiary/aromatic N) is 5. The maximum absolute atomic E-state index is 12.7. The lowest BCUT2D eigenvalue weighted by molar-refractivity contribution is -0.384. The summed E-state index contributed by atoms with van der Waals surface area (Å²) in [6.07, 6.45) is 5.07. The van der Waals surface area contributed by atoms with Crippen LogP contribution in [0.15, 0.2) is 65.5 Å². The van der Waals surface area contributed by atoms with Gasteiger partial charge in [0.15, 0.2) is 5.69 Å². The highest BCUT2D eigenvalue weighted by molar-refractivity contribution is 9.10. The van der Waals surface area contributed by atoms with Gasteiger partial charge in [-0.05, 0) is 59.1 Å². The van der Waals surface area contributed by atoms with Crippen molar-refractivity contribution in [2.45, 2.75) is 20.5 Å². The van der Waals surface area contributed by atoms with Crippen LogP contribution < -0.4 is 10.1 Å². The molecule has 4 rings (SSSR count). The van der Waals surface area contributed by atoms with Crippen LogP contribution in [0.25, 0.3) is 0 Å². The van der Waals surface area contributed by atoms with Crippen molar-refractivity contribution in [1.29, 1.82) is 0 Å². The number of anilines is 1. The number of carbonyl (C=O) groups excluding carboxylic acids is 1. The minimum atomic E-state index is -0.541. The summed E-state index contributed by atoms with van der Waals surface area (Å²) in [6, 6.07) is 11.3. The average molecular weight is 511 g/mol. The lowest BCUT2D eigenvalue weighted by Crippen LogP contribution is -2.15. The van der Waals surface area contributed by atoms with Gasteiger partial charge >= 0.3 is 0 Å². The number of nitro benzene ring substituents is 1. The zero-order chi connectivity index (χ0) is 23.5. The first-order valence-electron chi connectivity index (χ1n) is 9.83. The molecule has 0 radical (unpaired) electrons. The van der Waals surface area contributed by atoms with Crippen LogP contribution in [0.5, 0.6) is 11.5 Å². The SMILES string of the molecule is Cc1cc(C)cc(Oc2cc(NC(=O)c3ccn(Cn4cc(Br)cn4)n3)cc([N+](=O)[O-])c2)c1.